The van der Waals surface area contributed by atoms with E-state index in [1.54, 1.807) is 13.8 Å². The van der Waals surface area contributed by atoms with Crippen LogP contribution in [0.2, 0.25) is 0 Å². The highest BCUT2D eigenvalue weighted by Crippen LogP contribution is 2.07. The fraction of sp³-hybridized carbons (Fsp3) is 0.455. The van der Waals surface area contributed by atoms with Crippen molar-refractivity contribution in [3.05, 3.63) is 35.4 Å². The van der Waals surface area contributed by atoms with Gasteiger partial charge in [-0.1, -0.05) is 24.3 Å². The smallest absolute Gasteiger partial charge is 0.212 e. The molecule has 0 aliphatic heterocycles. The first-order chi connectivity index (χ1) is 7.45. The Hall–Kier alpha value is -0.580. The normalized spacial score (nSPS) is 12.0. The fourth-order valence-corrected chi connectivity index (χ4v) is 1.98. The van der Waals surface area contributed by atoms with E-state index in [0.717, 1.165) is 11.1 Å². The molecule has 3 nitrogen and oxygen atoms in total. The second kappa shape index (κ2) is 5.66. The lowest BCUT2D eigenvalue weighted by Crippen LogP contribution is -2.30. The molecule has 1 aromatic carbocycles. The van der Waals surface area contributed by atoms with Gasteiger partial charge in [-0.3, -0.25) is 0 Å². The zero-order chi connectivity index (χ0) is 12.2. The summed E-state index contributed by atoms with van der Waals surface area (Å²) < 4.78 is 25.5. The molecule has 0 heterocycles. The van der Waals surface area contributed by atoms with Crippen molar-refractivity contribution in [2.75, 3.05) is 0 Å². The monoisotopic (exact) mass is 261 g/mol. The molecule has 0 atom stereocenters. The average Bonchev–Trinajstić information content (AvgIpc) is 2.27. The van der Waals surface area contributed by atoms with Gasteiger partial charge in [-0.25, -0.2) is 13.1 Å². The molecule has 0 saturated carbocycles. The lowest BCUT2D eigenvalue weighted by atomic mass is 10.1. The number of halogens is 1. The molecule has 0 bridgehead atoms. The van der Waals surface area contributed by atoms with Gasteiger partial charge in [0.25, 0.3) is 0 Å². The van der Waals surface area contributed by atoms with E-state index in [4.69, 9.17) is 11.6 Å². The van der Waals surface area contributed by atoms with E-state index in [-0.39, 0.29) is 0 Å². The highest BCUT2D eigenvalue weighted by Gasteiger charge is 2.14. The minimum absolute atomic E-state index is 0.322. The van der Waals surface area contributed by atoms with Crippen LogP contribution in [0.5, 0.6) is 0 Å². The summed E-state index contributed by atoms with van der Waals surface area (Å²) in [6.45, 7) is 3.63. The van der Waals surface area contributed by atoms with Gasteiger partial charge in [0, 0.05) is 12.4 Å². The SMILES string of the molecule is CC(C)S(=O)(=O)NCc1ccc(CCl)cc1. The Labute approximate surface area is 102 Å². The highest BCUT2D eigenvalue weighted by molar-refractivity contribution is 7.90. The summed E-state index contributed by atoms with van der Waals surface area (Å²) in [5.74, 6) is 0.470. The zero-order valence-corrected chi connectivity index (χ0v) is 11.0. The number of sulfonamides is 1. The number of hydrogen-bond acceptors (Lipinski definition) is 2. The summed E-state index contributed by atoms with van der Waals surface area (Å²) in [7, 11) is -3.19. The predicted octanol–water partition coefficient (Wildman–Crippen LogP) is 2.25. The molecular formula is C11H16ClNO2S. The van der Waals surface area contributed by atoms with Gasteiger partial charge in [-0.2, -0.15) is 0 Å². The van der Waals surface area contributed by atoms with Crippen LogP contribution in [0.3, 0.4) is 0 Å². The third kappa shape index (κ3) is 3.77. The molecule has 1 N–H and O–H groups in total. The van der Waals surface area contributed by atoms with E-state index >= 15 is 0 Å². The molecule has 1 rings (SSSR count). The molecule has 0 unspecified atom stereocenters. The molecule has 16 heavy (non-hydrogen) atoms. The molecule has 0 aromatic heterocycles. The van der Waals surface area contributed by atoms with Gasteiger partial charge in [0.05, 0.1) is 5.25 Å². The van der Waals surface area contributed by atoms with Crippen molar-refractivity contribution >= 4 is 21.6 Å². The van der Waals surface area contributed by atoms with Crippen LogP contribution in [0, 0.1) is 0 Å². The van der Waals surface area contributed by atoms with Gasteiger partial charge in [-0.05, 0) is 25.0 Å². The first-order valence-corrected chi connectivity index (χ1v) is 7.16. The van der Waals surface area contributed by atoms with Crippen LogP contribution in [0.15, 0.2) is 24.3 Å². The number of benzene rings is 1. The number of rotatable bonds is 5. The summed E-state index contributed by atoms with van der Waals surface area (Å²) in [6, 6.07) is 7.54. The number of alkyl halides is 1. The summed E-state index contributed by atoms with van der Waals surface area (Å²) in [4.78, 5) is 0. The van der Waals surface area contributed by atoms with Crippen molar-refractivity contribution in [2.24, 2.45) is 0 Å². The maximum absolute atomic E-state index is 11.5. The van der Waals surface area contributed by atoms with E-state index in [1.807, 2.05) is 24.3 Å². The molecule has 0 saturated heterocycles. The minimum Gasteiger partial charge on any atom is -0.212 e. The van der Waals surface area contributed by atoms with E-state index in [2.05, 4.69) is 4.72 Å². The maximum atomic E-state index is 11.5. The maximum Gasteiger partial charge on any atom is 0.214 e. The standard InChI is InChI=1S/C11H16ClNO2S/c1-9(2)16(14,15)13-8-11-5-3-10(7-12)4-6-11/h3-6,9,13H,7-8H2,1-2H3. The van der Waals surface area contributed by atoms with Crippen LogP contribution in [0.4, 0.5) is 0 Å². The van der Waals surface area contributed by atoms with Gasteiger partial charge in [0.1, 0.15) is 0 Å². The van der Waals surface area contributed by atoms with E-state index in [1.165, 1.54) is 0 Å². The van der Waals surface area contributed by atoms with Crippen LogP contribution in [-0.2, 0) is 22.4 Å². The first kappa shape index (κ1) is 13.5. The quantitative estimate of drug-likeness (QED) is 0.827. The highest BCUT2D eigenvalue weighted by atomic mass is 35.5. The zero-order valence-electron chi connectivity index (χ0n) is 9.40. The second-order valence-electron chi connectivity index (χ2n) is 3.87. The molecule has 0 fully saturated rings. The van der Waals surface area contributed by atoms with Crippen molar-refractivity contribution in [1.29, 1.82) is 0 Å². The predicted molar refractivity (Wildman–Crippen MR) is 66.9 cm³/mol. The van der Waals surface area contributed by atoms with Crippen molar-refractivity contribution in [1.82, 2.24) is 4.72 Å². The molecule has 0 spiro atoms. The van der Waals surface area contributed by atoms with Crippen molar-refractivity contribution < 1.29 is 8.42 Å². The summed E-state index contributed by atoms with van der Waals surface area (Å²) in [6.07, 6.45) is 0. The minimum atomic E-state index is -3.19. The van der Waals surface area contributed by atoms with Gasteiger partial charge in [0.2, 0.25) is 10.0 Å². The van der Waals surface area contributed by atoms with Crippen LogP contribution in [0.25, 0.3) is 0 Å². The summed E-state index contributed by atoms with van der Waals surface area (Å²) >= 11 is 5.66. The average molecular weight is 262 g/mol. The second-order valence-corrected chi connectivity index (χ2v) is 6.45. The topological polar surface area (TPSA) is 46.2 Å². The Bertz CT molecular complexity index is 426. The lowest BCUT2D eigenvalue weighted by Gasteiger charge is -2.09. The Morgan fingerprint density at radius 2 is 1.69 bits per heavy atom. The Morgan fingerprint density at radius 3 is 2.12 bits per heavy atom. The molecule has 0 aliphatic rings. The van der Waals surface area contributed by atoms with Crippen LogP contribution in [-0.4, -0.2) is 13.7 Å². The molecule has 90 valence electrons. The first-order valence-electron chi connectivity index (χ1n) is 5.08. The third-order valence-corrected chi connectivity index (χ3v) is 4.37. The number of hydrogen-bond donors (Lipinski definition) is 1. The van der Waals surface area contributed by atoms with E-state index in [9.17, 15) is 8.42 Å². The van der Waals surface area contributed by atoms with Gasteiger partial charge >= 0.3 is 0 Å². The third-order valence-electron chi connectivity index (χ3n) is 2.28. The fourth-order valence-electron chi connectivity index (χ4n) is 1.10. The number of nitrogens with one attached hydrogen (secondary N) is 1. The largest absolute Gasteiger partial charge is 0.214 e. The van der Waals surface area contributed by atoms with Crippen molar-refractivity contribution in [3.8, 4) is 0 Å². The van der Waals surface area contributed by atoms with Gasteiger partial charge < -0.3 is 0 Å². The molecule has 5 heteroatoms. The van der Waals surface area contributed by atoms with Gasteiger partial charge in [-0.15, -0.1) is 11.6 Å². The molecule has 1 aromatic rings. The molecule has 0 amide bonds. The lowest BCUT2D eigenvalue weighted by molar-refractivity contribution is 0.572. The van der Waals surface area contributed by atoms with Crippen molar-refractivity contribution in [3.63, 3.8) is 0 Å². The van der Waals surface area contributed by atoms with Gasteiger partial charge in [0.15, 0.2) is 0 Å². The molecule has 0 aliphatic carbocycles. The Morgan fingerprint density at radius 1 is 1.19 bits per heavy atom. The molecule has 0 radical (unpaired) electrons. The van der Waals surface area contributed by atoms with Crippen LogP contribution < -0.4 is 4.72 Å². The molecular weight excluding hydrogens is 246 g/mol. The summed E-state index contributed by atoms with van der Waals surface area (Å²) in [5, 5.41) is -0.408. The van der Waals surface area contributed by atoms with Crippen LogP contribution >= 0.6 is 11.6 Å². The Kier molecular flexibility index (Phi) is 4.77. The van der Waals surface area contributed by atoms with Crippen molar-refractivity contribution in [2.45, 2.75) is 31.5 Å². The van der Waals surface area contributed by atoms with Crippen LogP contribution in [0.1, 0.15) is 25.0 Å². The van der Waals surface area contributed by atoms with E-state index in [0.29, 0.717) is 12.4 Å². The Balaban J connectivity index is 2.62. The summed E-state index contributed by atoms with van der Waals surface area (Å²) in [5.41, 5.74) is 1.95. The van der Waals surface area contributed by atoms with E-state index < -0.39 is 15.3 Å².